The standard InChI is InChI=1S/C12H16ClN3S/c1-3-16-11(6-8(2)15-16)10(14)7-12-9(13)4-5-17-12/h4-6,10H,3,7,14H2,1-2H3. The van der Waals surface area contributed by atoms with Crippen LogP contribution in [0.4, 0.5) is 0 Å². The monoisotopic (exact) mass is 269 g/mol. The van der Waals surface area contributed by atoms with E-state index in [0.29, 0.717) is 0 Å². The molecule has 0 aliphatic rings. The van der Waals surface area contributed by atoms with Crippen molar-refractivity contribution in [1.82, 2.24) is 9.78 Å². The second kappa shape index (κ2) is 5.21. The summed E-state index contributed by atoms with van der Waals surface area (Å²) in [5.41, 5.74) is 8.32. The number of aryl methyl sites for hydroxylation is 2. The van der Waals surface area contributed by atoms with E-state index in [-0.39, 0.29) is 6.04 Å². The molecule has 0 aromatic carbocycles. The van der Waals surface area contributed by atoms with Crippen molar-refractivity contribution in [2.75, 3.05) is 0 Å². The Labute approximate surface area is 110 Å². The van der Waals surface area contributed by atoms with E-state index in [2.05, 4.69) is 18.1 Å². The average molecular weight is 270 g/mol. The third kappa shape index (κ3) is 2.70. The first kappa shape index (κ1) is 12.6. The summed E-state index contributed by atoms with van der Waals surface area (Å²) in [7, 11) is 0. The lowest BCUT2D eigenvalue weighted by Gasteiger charge is -2.12. The van der Waals surface area contributed by atoms with Crippen molar-refractivity contribution >= 4 is 22.9 Å². The summed E-state index contributed by atoms with van der Waals surface area (Å²) in [6.45, 7) is 4.90. The van der Waals surface area contributed by atoms with E-state index in [0.717, 1.165) is 34.3 Å². The summed E-state index contributed by atoms with van der Waals surface area (Å²) in [4.78, 5) is 1.14. The SMILES string of the molecule is CCn1nc(C)cc1C(N)Cc1sccc1Cl. The Hall–Kier alpha value is -0.840. The van der Waals surface area contributed by atoms with Gasteiger partial charge in [0, 0.05) is 17.8 Å². The summed E-state index contributed by atoms with van der Waals surface area (Å²) in [5.74, 6) is 0. The van der Waals surface area contributed by atoms with Gasteiger partial charge in [-0.1, -0.05) is 11.6 Å². The fourth-order valence-electron chi connectivity index (χ4n) is 1.89. The molecule has 1 atom stereocenters. The number of aromatic nitrogens is 2. The first-order valence-corrected chi connectivity index (χ1v) is 6.89. The van der Waals surface area contributed by atoms with Crippen LogP contribution in [0.5, 0.6) is 0 Å². The average Bonchev–Trinajstić information content (AvgIpc) is 2.85. The van der Waals surface area contributed by atoms with Crippen LogP contribution < -0.4 is 5.73 Å². The number of nitrogens with two attached hydrogens (primary N) is 1. The first-order chi connectivity index (χ1) is 8.11. The number of nitrogens with zero attached hydrogens (tertiary/aromatic N) is 2. The topological polar surface area (TPSA) is 43.8 Å². The molecule has 3 nitrogen and oxygen atoms in total. The van der Waals surface area contributed by atoms with Gasteiger partial charge < -0.3 is 5.73 Å². The van der Waals surface area contributed by atoms with Crippen LogP contribution in [0.2, 0.25) is 5.02 Å². The molecule has 0 aliphatic heterocycles. The minimum Gasteiger partial charge on any atom is -0.322 e. The van der Waals surface area contributed by atoms with E-state index in [1.54, 1.807) is 11.3 Å². The summed E-state index contributed by atoms with van der Waals surface area (Å²) in [6.07, 6.45) is 0.766. The molecule has 5 heteroatoms. The van der Waals surface area contributed by atoms with E-state index >= 15 is 0 Å². The molecular formula is C12H16ClN3S. The Kier molecular flexibility index (Phi) is 3.86. The van der Waals surface area contributed by atoms with Crippen molar-refractivity contribution in [3.05, 3.63) is 38.8 Å². The maximum atomic E-state index is 6.23. The van der Waals surface area contributed by atoms with Crippen LogP contribution in [-0.4, -0.2) is 9.78 Å². The Morgan fingerprint density at radius 2 is 2.35 bits per heavy atom. The van der Waals surface area contributed by atoms with Gasteiger partial charge in [0.25, 0.3) is 0 Å². The molecule has 0 bridgehead atoms. The maximum Gasteiger partial charge on any atom is 0.0597 e. The molecule has 0 saturated carbocycles. The second-order valence-electron chi connectivity index (χ2n) is 4.03. The van der Waals surface area contributed by atoms with E-state index in [4.69, 9.17) is 17.3 Å². The van der Waals surface area contributed by atoms with Crippen LogP contribution in [0.1, 0.15) is 29.2 Å². The molecule has 2 aromatic rings. The predicted octanol–water partition coefficient (Wildman–Crippen LogP) is 3.17. The number of rotatable bonds is 4. The van der Waals surface area contributed by atoms with E-state index < -0.39 is 0 Å². The van der Waals surface area contributed by atoms with E-state index in [9.17, 15) is 0 Å². The van der Waals surface area contributed by atoms with Gasteiger partial charge in [-0.15, -0.1) is 11.3 Å². The lowest BCUT2D eigenvalue weighted by atomic mass is 10.1. The van der Waals surface area contributed by atoms with Crippen molar-refractivity contribution < 1.29 is 0 Å². The summed E-state index contributed by atoms with van der Waals surface area (Å²) >= 11 is 7.73. The van der Waals surface area contributed by atoms with Crippen molar-refractivity contribution in [3.8, 4) is 0 Å². The Balaban J connectivity index is 2.19. The molecule has 1 unspecified atom stereocenters. The fraction of sp³-hybridized carbons (Fsp3) is 0.417. The third-order valence-electron chi connectivity index (χ3n) is 2.71. The largest absolute Gasteiger partial charge is 0.322 e. The highest BCUT2D eigenvalue weighted by molar-refractivity contribution is 7.10. The zero-order chi connectivity index (χ0) is 12.4. The van der Waals surface area contributed by atoms with Gasteiger partial charge in [0.1, 0.15) is 0 Å². The van der Waals surface area contributed by atoms with Crippen LogP contribution in [0, 0.1) is 6.92 Å². The van der Waals surface area contributed by atoms with Crippen molar-refractivity contribution in [2.24, 2.45) is 5.73 Å². The zero-order valence-electron chi connectivity index (χ0n) is 9.98. The highest BCUT2D eigenvalue weighted by atomic mass is 35.5. The van der Waals surface area contributed by atoms with E-state index in [1.807, 2.05) is 23.1 Å². The zero-order valence-corrected chi connectivity index (χ0v) is 11.6. The molecule has 2 rings (SSSR count). The van der Waals surface area contributed by atoms with Gasteiger partial charge in [0.15, 0.2) is 0 Å². The molecule has 0 amide bonds. The summed E-state index contributed by atoms with van der Waals surface area (Å²) < 4.78 is 1.96. The number of hydrogen-bond acceptors (Lipinski definition) is 3. The first-order valence-electron chi connectivity index (χ1n) is 5.63. The molecule has 92 valence electrons. The molecular weight excluding hydrogens is 254 g/mol. The van der Waals surface area contributed by atoms with Crippen LogP contribution >= 0.6 is 22.9 Å². The van der Waals surface area contributed by atoms with Crippen LogP contribution in [0.3, 0.4) is 0 Å². The minimum atomic E-state index is -0.0488. The van der Waals surface area contributed by atoms with Crippen LogP contribution in [0.25, 0.3) is 0 Å². The Bertz CT molecular complexity index is 504. The highest BCUT2D eigenvalue weighted by Gasteiger charge is 2.15. The number of thiophene rings is 1. The molecule has 0 saturated heterocycles. The normalized spacial score (nSPS) is 12.9. The van der Waals surface area contributed by atoms with Crippen LogP contribution in [0.15, 0.2) is 17.5 Å². The molecule has 2 heterocycles. The van der Waals surface area contributed by atoms with Gasteiger partial charge in [-0.05, 0) is 31.4 Å². The van der Waals surface area contributed by atoms with Crippen molar-refractivity contribution in [1.29, 1.82) is 0 Å². The Morgan fingerprint density at radius 3 is 2.94 bits per heavy atom. The lowest BCUT2D eigenvalue weighted by Crippen LogP contribution is -2.17. The molecule has 2 N–H and O–H groups in total. The molecule has 0 aliphatic carbocycles. The lowest BCUT2D eigenvalue weighted by molar-refractivity contribution is 0.568. The fourth-order valence-corrected chi connectivity index (χ4v) is 3.07. The molecule has 0 spiro atoms. The predicted molar refractivity (Wildman–Crippen MR) is 72.6 cm³/mol. The van der Waals surface area contributed by atoms with E-state index in [1.165, 1.54) is 0 Å². The smallest absolute Gasteiger partial charge is 0.0597 e. The minimum absolute atomic E-state index is 0.0488. The summed E-state index contributed by atoms with van der Waals surface area (Å²) in [6, 6.07) is 3.92. The number of hydrogen-bond donors (Lipinski definition) is 1. The van der Waals surface area contributed by atoms with Gasteiger partial charge in [-0.25, -0.2) is 0 Å². The van der Waals surface area contributed by atoms with Gasteiger partial charge in [-0.3, -0.25) is 4.68 Å². The summed E-state index contributed by atoms with van der Waals surface area (Å²) in [5, 5.41) is 7.21. The highest BCUT2D eigenvalue weighted by Crippen LogP contribution is 2.27. The second-order valence-corrected chi connectivity index (χ2v) is 5.44. The molecule has 0 fully saturated rings. The van der Waals surface area contributed by atoms with Gasteiger partial charge >= 0.3 is 0 Å². The molecule has 0 radical (unpaired) electrons. The van der Waals surface area contributed by atoms with Gasteiger partial charge in [0.05, 0.1) is 22.5 Å². The molecule has 2 aromatic heterocycles. The van der Waals surface area contributed by atoms with Gasteiger partial charge in [0.2, 0.25) is 0 Å². The van der Waals surface area contributed by atoms with Gasteiger partial charge in [-0.2, -0.15) is 5.10 Å². The molecule has 17 heavy (non-hydrogen) atoms. The Morgan fingerprint density at radius 1 is 1.59 bits per heavy atom. The quantitative estimate of drug-likeness (QED) is 0.927. The third-order valence-corrected chi connectivity index (χ3v) is 4.12. The number of halogens is 1. The van der Waals surface area contributed by atoms with Crippen molar-refractivity contribution in [3.63, 3.8) is 0 Å². The van der Waals surface area contributed by atoms with Crippen molar-refractivity contribution in [2.45, 2.75) is 32.9 Å². The van der Waals surface area contributed by atoms with Crippen LogP contribution in [-0.2, 0) is 13.0 Å². The maximum absolute atomic E-state index is 6.23.